The molecule has 1 rings (SSSR count). The Morgan fingerprint density at radius 3 is 3.00 bits per heavy atom. The van der Waals surface area contributed by atoms with Crippen LogP contribution in [0.3, 0.4) is 0 Å². The van der Waals surface area contributed by atoms with Gasteiger partial charge in [-0.1, -0.05) is 6.92 Å². The standard InChI is InChI=1S/C9H11N3O/c1-2-5-13-9-4-3-7(11)8(6-10)12-9/h3-4H,2,5,11H2,1H3. The van der Waals surface area contributed by atoms with Gasteiger partial charge in [-0.2, -0.15) is 5.26 Å². The number of pyridine rings is 1. The Bertz CT molecular complexity index is 330. The molecular weight excluding hydrogens is 166 g/mol. The minimum atomic E-state index is 0.216. The quantitative estimate of drug-likeness (QED) is 0.755. The van der Waals surface area contributed by atoms with Crippen LogP contribution < -0.4 is 10.5 Å². The van der Waals surface area contributed by atoms with Crippen molar-refractivity contribution in [2.45, 2.75) is 13.3 Å². The maximum absolute atomic E-state index is 8.62. The van der Waals surface area contributed by atoms with Gasteiger partial charge in [0.05, 0.1) is 12.3 Å². The van der Waals surface area contributed by atoms with Crippen LogP contribution in [0, 0.1) is 11.3 Å². The van der Waals surface area contributed by atoms with E-state index >= 15 is 0 Å². The van der Waals surface area contributed by atoms with Gasteiger partial charge in [-0.15, -0.1) is 0 Å². The van der Waals surface area contributed by atoms with Crippen molar-refractivity contribution in [2.24, 2.45) is 0 Å². The first-order valence-electron chi connectivity index (χ1n) is 4.07. The molecule has 4 nitrogen and oxygen atoms in total. The molecule has 0 aromatic carbocycles. The monoisotopic (exact) mass is 177 g/mol. The molecule has 0 atom stereocenters. The smallest absolute Gasteiger partial charge is 0.214 e. The van der Waals surface area contributed by atoms with E-state index in [1.807, 2.05) is 13.0 Å². The minimum Gasteiger partial charge on any atom is -0.478 e. The molecule has 0 aliphatic carbocycles. The summed E-state index contributed by atoms with van der Waals surface area (Å²) in [6.07, 6.45) is 0.911. The molecule has 0 aliphatic rings. The molecule has 2 N–H and O–H groups in total. The number of nitrogen functional groups attached to an aromatic ring is 1. The molecule has 0 saturated heterocycles. The number of ether oxygens (including phenoxy) is 1. The van der Waals surface area contributed by atoms with Crippen molar-refractivity contribution in [3.05, 3.63) is 17.8 Å². The molecule has 0 unspecified atom stereocenters. The van der Waals surface area contributed by atoms with Crippen molar-refractivity contribution in [3.8, 4) is 11.9 Å². The number of hydrogen-bond donors (Lipinski definition) is 1. The zero-order valence-corrected chi connectivity index (χ0v) is 7.45. The van der Waals surface area contributed by atoms with Gasteiger partial charge in [-0.3, -0.25) is 0 Å². The van der Waals surface area contributed by atoms with E-state index < -0.39 is 0 Å². The third kappa shape index (κ3) is 2.34. The fourth-order valence-corrected chi connectivity index (χ4v) is 0.829. The largest absolute Gasteiger partial charge is 0.478 e. The van der Waals surface area contributed by atoms with Gasteiger partial charge >= 0.3 is 0 Å². The summed E-state index contributed by atoms with van der Waals surface area (Å²) in [6.45, 7) is 2.60. The number of nitrogens with two attached hydrogens (primary N) is 1. The Morgan fingerprint density at radius 2 is 2.38 bits per heavy atom. The van der Waals surface area contributed by atoms with Crippen molar-refractivity contribution in [1.82, 2.24) is 4.98 Å². The fourth-order valence-electron chi connectivity index (χ4n) is 0.829. The van der Waals surface area contributed by atoms with E-state index in [4.69, 9.17) is 15.7 Å². The highest BCUT2D eigenvalue weighted by molar-refractivity contribution is 5.50. The average Bonchev–Trinajstić information content (AvgIpc) is 2.16. The summed E-state index contributed by atoms with van der Waals surface area (Å²) < 4.78 is 5.23. The number of nitrogens with zero attached hydrogens (tertiary/aromatic N) is 2. The molecule has 1 heterocycles. The molecule has 0 bridgehead atoms. The van der Waals surface area contributed by atoms with E-state index in [2.05, 4.69) is 4.98 Å². The molecule has 0 fully saturated rings. The highest BCUT2D eigenvalue weighted by Gasteiger charge is 2.01. The zero-order chi connectivity index (χ0) is 9.68. The van der Waals surface area contributed by atoms with Gasteiger partial charge in [0.2, 0.25) is 5.88 Å². The number of rotatable bonds is 3. The molecule has 13 heavy (non-hydrogen) atoms. The lowest BCUT2D eigenvalue weighted by molar-refractivity contribution is 0.305. The van der Waals surface area contributed by atoms with Crippen LogP contribution in [0.25, 0.3) is 0 Å². The van der Waals surface area contributed by atoms with Crippen molar-refractivity contribution >= 4 is 5.69 Å². The first-order chi connectivity index (χ1) is 6.27. The fraction of sp³-hybridized carbons (Fsp3) is 0.333. The van der Waals surface area contributed by atoms with Gasteiger partial charge < -0.3 is 10.5 Å². The Labute approximate surface area is 77.0 Å². The molecule has 0 aliphatic heterocycles. The van der Waals surface area contributed by atoms with Crippen LogP contribution in [0.15, 0.2) is 12.1 Å². The van der Waals surface area contributed by atoms with E-state index in [0.29, 0.717) is 18.2 Å². The highest BCUT2D eigenvalue weighted by atomic mass is 16.5. The minimum absolute atomic E-state index is 0.216. The Kier molecular flexibility index (Phi) is 3.09. The Balaban J connectivity index is 2.82. The first kappa shape index (κ1) is 9.33. The second-order valence-electron chi connectivity index (χ2n) is 2.55. The first-order valence-corrected chi connectivity index (χ1v) is 4.07. The van der Waals surface area contributed by atoms with Gasteiger partial charge in [0.15, 0.2) is 5.69 Å². The summed E-state index contributed by atoms with van der Waals surface area (Å²) in [5.41, 5.74) is 6.09. The lowest BCUT2D eigenvalue weighted by Crippen LogP contribution is -2.00. The average molecular weight is 177 g/mol. The van der Waals surface area contributed by atoms with E-state index in [1.54, 1.807) is 12.1 Å². The normalized spacial score (nSPS) is 9.23. The third-order valence-electron chi connectivity index (χ3n) is 1.46. The zero-order valence-electron chi connectivity index (χ0n) is 7.45. The molecule has 0 saturated carbocycles. The number of aromatic nitrogens is 1. The van der Waals surface area contributed by atoms with Gasteiger partial charge in [0.25, 0.3) is 0 Å². The highest BCUT2D eigenvalue weighted by Crippen LogP contribution is 2.13. The molecule has 0 amide bonds. The van der Waals surface area contributed by atoms with Gasteiger partial charge in [0.1, 0.15) is 6.07 Å². The van der Waals surface area contributed by atoms with Crippen molar-refractivity contribution in [3.63, 3.8) is 0 Å². The second kappa shape index (κ2) is 4.31. The van der Waals surface area contributed by atoms with E-state index in [0.717, 1.165) is 6.42 Å². The molecule has 1 aromatic heterocycles. The lowest BCUT2D eigenvalue weighted by atomic mass is 10.3. The van der Waals surface area contributed by atoms with Crippen molar-refractivity contribution in [2.75, 3.05) is 12.3 Å². The molecule has 68 valence electrons. The van der Waals surface area contributed by atoms with Crippen LogP contribution in [-0.4, -0.2) is 11.6 Å². The van der Waals surface area contributed by atoms with Crippen molar-refractivity contribution < 1.29 is 4.74 Å². The third-order valence-corrected chi connectivity index (χ3v) is 1.46. The summed E-state index contributed by atoms with van der Waals surface area (Å²) in [5.74, 6) is 0.451. The summed E-state index contributed by atoms with van der Waals surface area (Å²) in [6, 6.07) is 5.18. The topological polar surface area (TPSA) is 71.9 Å². The molecule has 1 aromatic rings. The Morgan fingerprint density at radius 1 is 1.62 bits per heavy atom. The van der Waals surface area contributed by atoms with Crippen LogP contribution in [0.2, 0.25) is 0 Å². The van der Waals surface area contributed by atoms with E-state index in [1.165, 1.54) is 0 Å². The molecular formula is C9H11N3O. The molecule has 4 heteroatoms. The van der Waals surface area contributed by atoms with Crippen LogP contribution in [0.1, 0.15) is 19.0 Å². The summed E-state index contributed by atoms with van der Waals surface area (Å²) in [4.78, 5) is 3.92. The molecule has 0 radical (unpaired) electrons. The number of hydrogen-bond acceptors (Lipinski definition) is 4. The number of nitriles is 1. The van der Waals surface area contributed by atoms with Gasteiger partial charge in [-0.25, -0.2) is 4.98 Å². The van der Waals surface area contributed by atoms with E-state index in [9.17, 15) is 0 Å². The van der Waals surface area contributed by atoms with Gasteiger partial charge in [-0.05, 0) is 12.5 Å². The van der Waals surface area contributed by atoms with Crippen molar-refractivity contribution in [1.29, 1.82) is 5.26 Å². The van der Waals surface area contributed by atoms with Crippen LogP contribution in [-0.2, 0) is 0 Å². The van der Waals surface area contributed by atoms with E-state index in [-0.39, 0.29) is 5.69 Å². The maximum atomic E-state index is 8.62. The predicted molar refractivity (Wildman–Crippen MR) is 49.2 cm³/mol. The molecule has 0 spiro atoms. The van der Waals surface area contributed by atoms with Gasteiger partial charge in [0, 0.05) is 6.07 Å². The Hall–Kier alpha value is -1.76. The van der Waals surface area contributed by atoms with Crippen LogP contribution in [0.4, 0.5) is 5.69 Å². The number of anilines is 1. The SMILES string of the molecule is CCCOc1ccc(N)c(C#N)n1. The summed E-state index contributed by atoms with van der Waals surface area (Å²) >= 11 is 0. The predicted octanol–water partition coefficient (Wildman–Crippen LogP) is 1.32. The lowest BCUT2D eigenvalue weighted by Gasteiger charge is -2.03. The second-order valence-corrected chi connectivity index (χ2v) is 2.55. The van der Waals surface area contributed by atoms with Crippen LogP contribution >= 0.6 is 0 Å². The summed E-state index contributed by atoms with van der Waals surface area (Å²) in [7, 11) is 0. The summed E-state index contributed by atoms with van der Waals surface area (Å²) in [5, 5.41) is 8.62. The maximum Gasteiger partial charge on any atom is 0.214 e. The van der Waals surface area contributed by atoms with Crippen LogP contribution in [0.5, 0.6) is 5.88 Å².